The number of rotatable bonds is 4. The Morgan fingerprint density at radius 2 is 1.82 bits per heavy atom. The number of hydrogen-bond acceptors (Lipinski definition) is 3. The molecule has 2 N–H and O–H groups in total. The summed E-state index contributed by atoms with van der Waals surface area (Å²) in [7, 11) is 0. The van der Waals surface area contributed by atoms with Crippen LogP contribution in [-0.2, 0) is 4.79 Å². The van der Waals surface area contributed by atoms with Crippen molar-refractivity contribution in [2.75, 3.05) is 5.32 Å². The number of amides is 1. The molecule has 1 fully saturated rings. The fraction of sp³-hybridized carbons (Fsp3) is 0.444. The number of nitrogens with one attached hydrogen (secondary N) is 2. The molecule has 0 heterocycles. The highest BCUT2D eigenvalue weighted by molar-refractivity contribution is 5.98. The topological polar surface area (TPSA) is 64.9 Å². The van der Waals surface area contributed by atoms with Crippen molar-refractivity contribution in [3.8, 4) is 6.07 Å². The van der Waals surface area contributed by atoms with Crippen LogP contribution in [0.25, 0.3) is 0 Å². The molecule has 0 saturated heterocycles. The number of carbonyl (C=O) groups excluding carboxylic acids is 1. The summed E-state index contributed by atoms with van der Waals surface area (Å²) in [6.45, 7) is 3.78. The van der Waals surface area contributed by atoms with E-state index in [1.54, 1.807) is 6.92 Å². The summed E-state index contributed by atoms with van der Waals surface area (Å²) in [4.78, 5) is 12.3. The first kappa shape index (κ1) is 16.1. The van der Waals surface area contributed by atoms with Crippen LogP contribution < -0.4 is 10.6 Å². The molecule has 1 aliphatic carbocycles. The minimum atomic E-state index is -0.272. The molecule has 1 amide bonds. The van der Waals surface area contributed by atoms with Crippen molar-refractivity contribution in [2.45, 2.75) is 52.0 Å². The number of benzene rings is 1. The molecule has 116 valence electrons. The number of anilines is 1. The van der Waals surface area contributed by atoms with Crippen molar-refractivity contribution in [1.29, 1.82) is 5.26 Å². The van der Waals surface area contributed by atoms with Gasteiger partial charge in [-0.05, 0) is 38.8 Å². The van der Waals surface area contributed by atoms with Gasteiger partial charge in [-0.1, -0.05) is 37.0 Å². The standard InChI is InChI=1S/C18H23N3O/c1-13-8-10-16(11-9-13)20-14(2)17(12-19)18(22)21-15-6-4-3-5-7-15/h8-11,15,20H,3-7H2,1-2H3,(H,21,22). The Kier molecular flexibility index (Phi) is 5.60. The normalized spacial score (nSPS) is 16.4. The quantitative estimate of drug-likeness (QED) is 0.658. The van der Waals surface area contributed by atoms with Gasteiger partial charge >= 0.3 is 0 Å². The molecule has 0 unspecified atom stereocenters. The van der Waals surface area contributed by atoms with Crippen molar-refractivity contribution in [3.63, 3.8) is 0 Å². The third-order valence-corrected chi connectivity index (χ3v) is 4.04. The third-order valence-electron chi connectivity index (χ3n) is 4.04. The van der Waals surface area contributed by atoms with Gasteiger partial charge in [0.1, 0.15) is 11.6 Å². The van der Waals surface area contributed by atoms with E-state index in [-0.39, 0.29) is 17.5 Å². The minimum absolute atomic E-state index is 0.158. The number of hydrogen-bond donors (Lipinski definition) is 2. The molecule has 0 aromatic heterocycles. The van der Waals surface area contributed by atoms with Gasteiger partial charge in [0.25, 0.3) is 5.91 Å². The number of carbonyl (C=O) groups is 1. The fourth-order valence-corrected chi connectivity index (χ4v) is 2.73. The highest BCUT2D eigenvalue weighted by atomic mass is 16.1. The first-order valence-corrected chi connectivity index (χ1v) is 7.85. The molecule has 4 nitrogen and oxygen atoms in total. The van der Waals surface area contributed by atoms with E-state index in [1.807, 2.05) is 37.3 Å². The van der Waals surface area contributed by atoms with Gasteiger partial charge in [0.2, 0.25) is 0 Å². The highest BCUT2D eigenvalue weighted by Crippen LogP contribution is 2.18. The number of nitriles is 1. The van der Waals surface area contributed by atoms with Gasteiger partial charge in [-0.3, -0.25) is 4.79 Å². The Bertz CT molecular complexity index is 590. The zero-order chi connectivity index (χ0) is 15.9. The monoisotopic (exact) mass is 297 g/mol. The van der Waals surface area contributed by atoms with Gasteiger partial charge in [0, 0.05) is 17.4 Å². The molecular formula is C18H23N3O. The lowest BCUT2D eigenvalue weighted by molar-refractivity contribution is -0.118. The average Bonchev–Trinajstić information content (AvgIpc) is 2.51. The zero-order valence-electron chi connectivity index (χ0n) is 13.3. The van der Waals surface area contributed by atoms with Crippen LogP contribution in [0, 0.1) is 18.3 Å². The first-order chi connectivity index (χ1) is 10.6. The maximum absolute atomic E-state index is 12.3. The van der Waals surface area contributed by atoms with E-state index >= 15 is 0 Å². The predicted octanol–water partition coefficient (Wildman–Crippen LogP) is 3.65. The second kappa shape index (κ2) is 7.65. The van der Waals surface area contributed by atoms with Crippen molar-refractivity contribution in [3.05, 3.63) is 41.1 Å². The molecule has 2 rings (SSSR count). The van der Waals surface area contributed by atoms with Crippen LogP contribution >= 0.6 is 0 Å². The number of nitrogens with zero attached hydrogens (tertiary/aromatic N) is 1. The van der Waals surface area contributed by atoms with E-state index in [9.17, 15) is 10.1 Å². The summed E-state index contributed by atoms with van der Waals surface area (Å²) in [5, 5.41) is 15.4. The zero-order valence-corrected chi connectivity index (χ0v) is 13.3. The molecule has 0 atom stereocenters. The van der Waals surface area contributed by atoms with Gasteiger partial charge in [-0.25, -0.2) is 0 Å². The maximum atomic E-state index is 12.3. The van der Waals surface area contributed by atoms with Crippen LogP contribution in [0.3, 0.4) is 0 Å². The highest BCUT2D eigenvalue weighted by Gasteiger charge is 2.19. The van der Waals surface area contributed by atoms with Gasteiger partial charge in [-0.15, -0.1) is 0 Å². The Morgan fingerprint density at radius 1 is 1.18 bits per heavy atom. The molecule has 1 aromatic carbocycles. The molecule has 22 heavy (non-hydrogen) atoms. The van der Waals surface area contributed by atoms with E-state index in [2.05, 4.69) is 10.6 Å². The lowest BCUT2D eigenvalue weighted by atomic mass is 9.95. The van der Waals surface area contributed by atoms with Crippen LogP contribution in [0.4, 0.5) is 5.69 Å². The molecule has 0 radical (unpaired) electrons. The third kappa shape index (κ3) is 4.36. The molecule has 0 bridgehead atoms. The SMILES string of the molecule is CC(Nc1ccc(C)cc1)=C(C#N)C(=O)NC1CCCCC1. The van der Waals surface area contributed by atoms with E-state index in [0.29, 0.717) is 5.70 Å². The van der Waals surface area contributed by atoms with Crippen molar-refractivity contribution in [1.82, 2.24) is 5.32 Å². The molecule has 4 heteroatoms. The summed E-state index contributed by atoms with van der Waals surface area (Å²) in [5.41, 5.74) is 2.79. The Hall–Kier alpha value is -2.28. The Balaban J connectivity index is 2.05. The predicted molar refractivity (Wildman–Crippen MR) is 88.1 cm³/mol. The van der Waals surface area contributed by atoms with Gasteiger partial charge in [0.05, 0.1) is 0 Å². The van der Waals surface area contributed by atoms with Crippen LogP contribution in [0.15, 0.2) is 35.5 Å². The lowest BCUT2D eigenvalue weighted by Gasteiger charge is -2.22. The van der Waals surface area contributed by atoms with E-state index in [1.165, 1.54) is 12.0 Å². The van der Waals surface area contributed by atoms with Crippen molar-refractivity contribution < 1.29 is 4.79 Å². The van der Waals surface area contributed by atoms with Crippen LogP contribution in [0.1, 0.15) is 44.6 Å². The summed E-state index contributed by atoms with van der Waals surface area (Å²) in [5.74, 6) is -0.272. The molecule has 1 aliphatic rings. The first-order valence-electron chi connectivity index (χ1n) is 7.85. The van der Waals surface area contributed by atoms with E-state index < -0.39 is 0 Å². The van der Waals surface area contributed by atoms with Gasteiger partial charge in [-0.2, -0.15) is 5.26 Å². The smallest absolute Gasteiger partial charge is 0.263 e. The summed E-state index contributed by atoms with van der Waals surface area (Å²) < 4.78 is 0. The molecule has 1 aromatic rings. The second-order valence-corrected chi connectivity index (χ2v) is 5.91. The average molecular weight is 297 g/mol. The molecule has 0 aliphatic heterocycles. The van der Waals surface area contributed by atoms with E-state index in [4.69, 9.17) is 0 Å². The number of aryl methyl sites for hydroxylation is 1. The largest absolute Gasteiger partial charge is 0.358 e. The van der Waals surface area contributed by atoms with Gasteiger partial charge < -0.3 is 10.6 Å². The van der Waals surface area contributed by atoms with Crippen LogP contribution in [0.2, 0.25) is 0 Å². The van der Waals surface area contributed by atoms with E-state index in [0.717, 1.165) is 31.4 Å². The summed E-state index contributed by atoms with van der Waals surface area (Å²) in [6, 6.07) is 10.1. The fourth-order valence-electron chi connectivity index (χ4n) is 2.73. The van der Waals surface area contributed by atoms with Crippen molar-refractivity contribution in [2.24, 2.45) is 0 Å². The van der Waals surface area contributed by atoms with Crippen LogP contribution in [-0.4, -0.2) is 11.9 Å². The summed E-state index contributed by atoms with van der Waals surface area (Å²) >= 11 is 0. The molecule has 1 saturated carbocycles. The second-order valence-electron chi connectivity index (χ2n) is 5.91. The van der Waals surface area contributed by atoms with Gasteiger partial charge in [0.15, 0.2) is 0 Å². The maximum Gasteiger partial charge on any atom is 0.263 e. The van der Waals surface area contributed by atoms with Crippen LogP contribution in [0.5, 0.6) is 0 Å². The Morgan fingerprint density at radius 3 is 2.41 bits per heavy atom. The molecular weight excluding hydrogens is 274 g/mol. The molecule has 0 spiro atoms. The minimum Gasteiger partial charge on any atom is -0.358 e. The Labute approximate surface area is 132 Å². The lowest BCUT2D eigenvalue weighted by Crippen LogP contribution is -2.37. The van der Waals surface area contributed by atoms with Crippen molar-refractivity contribution >= 4 is 11.6 Å². The number of allylic oxidation sites excluding steroid dienone is 1. The summed E-state index contributed by atoms with van der Waals surface area (Å²) in [6.07, 6.45) is 5.55.